The SMILES string of the molecule is Cc1cc(F)ccc1-n1cc(O)c(C(=O)NCCCCN)n1. The number of hydrogen-bond acceptors (Lipinski definition) is 4. The van der Waals surface area contributed by atoms with Crippen LogP contribution >= 0.6 is 0 Å². The van der Waals surface area contributed by atoms with Crippen LogP contribution in [0, 0.1) is 12.7 Å². The Balaban J connectivity index is 2.15. The number of hydrogen-bond donors (Lipinski definition) is 3. The molecule has 0 fully saturated rings. The lowest BCUT2D eigenvalue weighted by molar-refractivity contribution is 0.0945. The number of nitrogens with zero attached hydrogens (tertiary/aromatic N) is 2. The number of benzene rings is 1. The first-order valence-corrected chi connectivity index (χ1v) is 7.06. The van der Waals surface area contributed by atoms with Gasteiger partial charge in [-0.2, -0.15) is 5.10 Å². The summed E-state index contributed by atoms with van der Waals surface area (Å²) in [6, 6.07) is 4.20. The molecule has 22 heavy (non-hydrogen) atoms. The number of halogens is 1. The monoisotopic (exact) mass is 306 g/mol. The molecule has 0 radical (unpaired) electrons. The van der Waals surface area contributed by atoms with E-state index < -0.39 is 5.91 Å². The Kier molecular flexibility index (Phi) is 5.11. The summed E-state index contributed by atoms with van der Waals surface area (Å²) in [5.41, 5.74) is 6.57. The molecule has 7 heteroatoms. The Morgan fingerprint density at radius 1 is 1.45 bits per heavy atom. The van der Waals surface area contributed by atoms with Crippen LogP contribution in [0.2, 0.25) is 0 Å². The van der Waals surface area contributed by atoms with Gasteiger partial charge < -0.3 is 16.2 Å². The summed E-state index contributed by atoms with van der Waals surface area (Å²) >= 11 is 0. The van der Waals surface area contributed by atoms with E-state index >= 15 is 0 Å². The predicted molar refractivity (Wildman–Crippen MR) is 80.5 cm³/mol. The third kappa shape index (κ3) is 3.62. The Morgan fingerprint density at radius 3 is 2.91 bits per heavy atom. The fraction of sp³-hybridized carbons (Fsp3) is 0.333. The molecule has 6 nitrogen and oxygen atoms in total. The highest BCUT2D eigenvalue weighted by Crippen LogP contribution is 2.20. The number of unbranched alkanes of at least 4 members (excludes halogenated alkanes) is 1. The molecule has 2 rings (SSSR count). The lowest BCUT2D eigenvalue weighted by atomic mass is 10.2. The molecule has 0 saturated heterocycles. The summed E-state index contributed by atoms with van der Waals surface area (Å²) in [5.74, 6) is -1.02. The van der Waals surface area contributed by atoms with Crippen LogP contribution in [0.15, 0.2) is 24.4 Å². The van der Waals surface area contributed by atoms with Crippen LogP contribution in [-0.2, 0) is 0 Å². The zero-order valence-corrected chi connectivity index (χ0v) is 12.3. The molecule has 0 aliphatic rings. The Labute approximate surface area is 127 Å². The van der Waals surface area contributed by atoms with Crippen LogP contribution in [0.1, 0.15) is 28.9 Å². The molecule has 1 amide bonds. The summed E-state index contributed by atoms with van der Waals surface area (Å²) in [4.78, 5) is 12.0. The summed E-state index contributed by atoms with van der Waals surface area (Å²) in [6.45, 7) is 2.77. The van der Waals surface area contributed by atoms with Crippen LogP contribution < -0.4 is 11.1 Å². The highest BCUT2D eigenvalue weighted by molar-refractivity contribution is 5.94. The maximum atomic E-state index is 13.1. The van der Waals surface area contributed by atoms with E-state index in [2.05, 4.69) is 10.4 Å². The van der Waals surface area contributed by atoms with Crippen molar-refractivity contribution in [2.45, 2.75) is 19.8 Å². The molecule has 1 aromatic carbocycles. The number of carbonyl (C=O) groups is 1. The number of amides is 1. The molecular formula is C15H19FN4O2. The van der Waals surface area contributed by atoms with Gasteiger partial charge in [-0.3, -0.25) is 4.79 Å². The molecule has 0 unspecified atom stereocenters. The standard InChI is InChI=1S/C15H19FN4O2/c1-10-8-11(16)4-5-12(10)20-9-13(21)14(19-20)15(22)18-7-3-2-6-17/h4-5,8-9,21H,2-3,6-7,17H2,1H3,(H,18,22). The van der Waals surface area contributed by atoms with Gasteiger partial charge in [-0.1, -0.05) is 0 Å². The second-order valence-corrected chi connectivity index (χ2v) is 4.99. The van der Waals surface area contributed by atoms with Crippen molar-refractivity contribution in [3.05, 3.63) is 41.5 Å². The molecule has 0 saturated carbocycles. The lowest BCUT2D eigenvalue weighted by Gasteiger charge is -2.05. The van der Waals surface area contributed by atoms with Gasteiger partial charge in [0.05, 0.1) is 11.9 Å². The largest absolute Gasteiger partial charge is 0.504 e. The molecule has 1 heterocycles. The molecule has 1 aromatic heterocycles. The van der Waals surface area contributed by atoms with E-state index in [4.69, 9.17) is 5.73 Å². The summed E-state index contributed by atoms with van der Waals surface area (Å²) in [7, 11) is 0. The van der Waals surface area contributed by atoms with Crippen molar-refractivity contribution in [1.29, 1.82) is 0 Å². The number of aromatic hydroxyl groups is 1. The summed E-state index contributed by atoms with van der Waals surface area (Å²) in [5, 5.41) is 16.6. The third-order valence-electron chi connectivity index (χ3n) is 3.23. The van der Waals surface area contributed by atoms with E-state index in [-0.39, 0.29) is 17.3 Å². The number of carbonyl (C=O) groups excluding carboxylic acids is 1. The van der Waals surface area contributed by atoms with Gasteiger partial charge in [0.1, 0.15) is 5.82 Å². The summed E-state index contributed by atoms with van der Waals surface area (Å²) in [6.07, 6.45) is 2.91. The molecule has 4 N–H and O–H groups in total. The molecule has 0 atom stereocenters. The quantitative estimate of drug-likeness (QED) is 0.705. The maximum Gasteiger partial charge on any atom is 0.275 e. The fourth-order valence-electron chi connectivity index (χ4n) is 2.08. The van der Waals surface area contributed by atoms with E-state index in [1.54, 1.807) is 13.0 Å². The highest BCUT2D eigenvalue weighted by Gasteiger charge is 2.17. The Morgan fingerprint density at radius 2 is 2.23 bits per heavy atom. The second kappa shape index (κ2) is 7.04. The molecule has 0 bridgehead atoms. The van der Waals surface area contributed by atoms with Gasteiger partial charge in [-0.25, -0.2) is 9.07 Å². The van der Waals surface area contributed by atoms with Gasteiger partial charge in [0.25, 0.3) is 5.91 Å². The van der Waals surface area contributed by atoms with Gasteiger partial charge in [0.15, 0.2) is 11.4 Å². The number of aryl methyl sites for hydroxylation is 1. The minimum Gasteiger partial charge on any atom is -0.504 e. The van der Waals surface area contributed by atoms with Gasteiger partial charge in [-0.15, -0.1) is 0 Å². The second-order valence-electron chi connectivity index (χ2n) is 4.99. The van der Waals surface area contributed by atoms with E-state index in [9.17, 15) is 14.3 Å². The lowest BCUT2D eigenvalue weighted by Crippen LogP contribution is -2.25. The Bertz CT molecular complexity index is 670. The molecule has 0 aliphatic heterocycles. The van der Waals surface area contributed by atoms with Crippen molar-refractivity contribution in [3.63, 3.8) is 0 Å². The van der Waals surface area contributed by atoms with Crippen molar-refractivity contribution in [2.24, 2.45) is 5.73 Å². The number of nitrogens with one attached hydrogen (secondary N) is 1. The smallest absolute Gasteiger partial charge is 0.275 e. The van der Waals surface area contributed by atoms with Gasteiger partial charge >= 0.3 is 0 Å². The normalized spacial score (nSPS) is 10.7. The van der Waals surface area contributed by atoms with Crippen molar-refractivity contribution in [2.75, 3.05) is 13.1 Å². The average Bonchev–Trinajstić information content (AvgIpc) is 2.85. The van der Waals surface area contributed by atoms with Crippen LogP contribution in [0.4, 0.5) is 4.39 Å². The molecule has 118 valence electrons. The van der Waals surface area contributed by atoms with E-state index in [1.807, 2.05) is 0 Å². The highest BCUT2D eigenvalue weighted by atomic mass is 19.1. The zero-order valence-electron chi connectivity index (χ0n) is 12.3. The predicted octanol–water partition coefficient (Wildman–Crippen LogP) is 1.49. The number of aromatic nitrogens is 2. The minimum atomic E-state index is -0.451. The maximum absolute atomic E-state index is 13.1. The van der Waals surface area contributed by atoms with Crippen molar-refractivity contribution >= 4 is 5.91 Å². The van der Waals surface area contributed by atoms with E-state index in [0.717, 1.165) is 12.8 Å². The zero-order chi connectivity index (χ0) is 16.1. The van der Waals surface area contributed by atoms with E-state index in [0.29, 0.717) is 24.3 Å². The third-order valence-corrected chi connectivity index (χ3v) is 3.23. The fourth-order valence-corrected chi connectivity index (χ4v) is 2.08. The van der Waals surface area contributed by atoms with Gasteiger partial charge in [0, 0.05) is 6.54 Å². The summed E-state index contributed by atoms with van der Waals surface area (Å²) < 4.78 is 14.5. The molecule has 0 spiro atoms. The van der Waals surface area contributed by atoms with Crippen LogP contribution in [0.25, 0.3) is 5.69 Å². The first-order chi connectivity index (χ1) is 10.5. The molecule has 2 aromatic rings. The first kappa shape index (κ1) is 16.0. The average molecular weight is 306 g/mol. The van der Waals surface area contributed by atoms with Gasteiger partial charge in [-0.05, 0) is 50.1 Å². The molecular weight excluding hydrogens is 287 g/mol. The Hall–Kier alpha value is -2.41. The minimum absolute atomic E-state index is 0.0588. The topological polar surface area (TPSA) is 93.2 Å². The van der Waals surface area contributed by atoms with Crippen LogP contribution in [0.5, 0.6) is 5.75 Å². The molecule has 0 aliphatic carbocycles. The van der Waals surface area contributed by atoms with Gasteiger partial charge in [0.2, 0.25) is 0 Å². The number of rotatable bonds is 6. The number of nitrogens with two attached hydrogens (primary N) is 1. The van der Waals surface area contributed by atoms with Crippen LogP contribution in [-0.4, -0.2) is 33.9 Å². The van der Waals surface area contributed by atoms with E-state index in [1.165, 1.54) is 23.0 Å². The van der Waals surface area contributed by atoms with Crippen molar-refractivity contribution in [3.8, 4) is 11.4 Å². The first-order valence-electron chi connectivity index (χ1n) is 7.06. The van der Waals surface area contributed by atoms with Crippen molar-refractivity contribution < 1.29 is 14.3 Å². The van der Waals surface area contributed by atoms with Crippen LogP contribution in [0.3, 0.4) is 0 Å². The van der Waals surface area contributed by atoms with Crippen molar-refractivity contribution in [1.82, 2.24) is 15.1 Å².